The Labute approximate surface area is 177 Å². The summed E-state index contributed by atoms with van der Waals surface area (Å²) in [5, 5.41) is 2.67. The summed E-state index contributed by atoms with van der Waals surface area (Å²) in [6.07, 6.45) is 1.77. The molecule has 2 aromatic rings. The summed E-state index contributed by atoms with van der Waals surface area (Å²) in [4.78, 5) is 24.5. The average Bonchev–Trinajstić information content (AvgIpc) is 2.72. The van der Waals surface area contributed by atoms with E-state index < -0.39 is 18.0 Å². The molecular weight excluding hydrogens is 442 g/mol. The van der Waals surface area contributed by atoms with E-state index in [1.807, 2.05) is 6.07 Å². The Kier molecular flexibility index (Phi) is 8.09. The number of amides is 1. The summed E-state index contributed by atoms with van der Waals surface area (Å²) in [5.41, 5.74) is 1.10. The molecule has 1 atom stereocenters. The second kappa shape index (κ2) is 10.5. The van der Waals surface area contributed by atoms with Crippen LogP contribution in [0.1, 0.15) is 12.5 Å². The second-order valence-corrected chi connectivity index (χ2v) is 6.77. The van der Waals surface area contributed by atoms with Crippen LogP contribution < -0.4 is 19.5 Å². The highest BCUT2D eigenvalue weighted by atomic mass is 79.9. The van der Waals surface area contributed by atoms with E-state index in [1.54, 1.807) is 36.4 Å². The minimum absolute atomic E-state index is 0.411. The van der Waals surface area contributed by atoms with Crippen molar-refractivity contribution in [3.63, 3.8) is 0 Å². The lowest BCUT2D eigenvalue weighted by atomic mass is 10.2. The summed E-state index contributed by atoms with van der Waals surface area (Å²) < 4.78 is 21.6. The topological polar surface area (TPSA) is 83.1 Å². The van der Waals surface area contributed by atoms with Gasteiger partial charge in [-0.2, -0.15) is 0 Å². The minimum Gasteiger partial charge on any atom is -0.497 e. The first kappa shape index (κ1) is 22.3. The predicted molar refractivity (Wildman–Crippen MR) is 113 cm³/mol. The Morgan fingerprint density at radius 1 is 1.00 bits per heavy atom. The number of rotatable bonds is 8. The maximum absolute atomic E-state index is 12.4. The quantitative estimate of drug-likeness (QED) is 0.469. The number of methoxy groups -OCH3 is 3. The molecule has 0 aliphatic heterocycles. The van der Waals surface area contributed by atoms with Gasteiger partial charge in [-0.3, -0.25) is 4.79 Å². The van der Waals surface area contributed by atoms with Crippen molar-refractivity contribution in [1.82, 2.24) is 0 Å². The molecule has 1 unspecified atom stereocenters. The zero-order chi connectivity index (χ0) is 21.4. The van der Waals surface area contributed by atoms with Crippen LogP contribution in [0.25, 0.3) is 6.08 Å². The molecule has 7 nitrogen and oxygen atoms in total. The van der Waals surface area contributed by atoms with Gasteiger partial charge in [-0.25, -0.2) is 4.79 Å². The zero-order valence-corrected chi connectivity index (χ0v) is 18.1. The van der Waals surface area contributed by atoms with Gasteiger partial charge in [0.2, 0.25) is 0 Å². The Balaban J connectivity index is 2.03. The first-order chi connectivity index (χ1) is 13.9. The van der Waals surface area contributed by atoms with Gasteiger partial charge in [0.05, 0.1) is 27.0 Å². The number of hydrogen-bond acceptors (Lipinski definition) is 6. The monoisotopic (exact) mass is 463 g/mol. The molecule has 1 amide bonds. The number of anilines is 1. The molecule has 0 fully saturated rings. The third kappa shape index (κ3) is 6.25. The molecule has 0 spiro atoms. The SMILES string of the molecule is COc1ccc(OC)c(NC(=O)C(C)OC(=O)/C=C/c2cc(Br)ccc2OC)c1. The van der Waals surface area contributed by atoms with Crippen LogP contribution in [0.5, 0.6) is 17.2 Å². The highest BCUT2D eigenvalue weighted by Crippen LogP contribution is 2.29. The summed E-state index contributed by atoms with van der Waals surface area (Å²) in [7, 11) is 4.55. The summed E-state index contributed by atoms with van der Waals surface area (Å²) >= 11 is 3.37. The Hall–Kier alpha value is -3.00. The van der Waals surface area contributed by atoms with Crippen molar-refractivity contribution in [3.05, 3.63) is 52.5 Å². The molecule has 0 bridgehead atoms. The van der Waals surface area contributed by atoms with E-state index in [4.69, 9.17) is 18.9 Å². The van der Waals surface area contributed by atoms with Crippen LogP contribution in [0.15, 0.2) is 46.9 Å². The second-order valence-electron chi connectivity index (χ2n) is 5.85. The Morgan fingerprint density at radius 3 is 2.34 bits per heavy atom. The third-order valence-corrected chi connectivity index (χ3v) is 4.41. The smallest absolute Gasteiger partial charge is 0.331 e. The number of nitrogens with one attached hydrogen (secondary N) is 1. The fraction of sp³-hybridized carbons (Fsp3) is 0.238. The van der Waals surface area contributed by atoms with Crippen LogP contribution in [0, 0.1) is 0 Å². The molecule has 0 aromatic heterocycles. The van der Waals surface area contributed by atoms with E-state index in [0.717, 1.165) is 4.47 Å². The molecule has 0 saturated heterocycles. The fourth-order valence-corrected chi connectivity index (χ4v) is 2.79. The summed E-state index contributed by atoms with van der Waals surface area (Å²) in [5.74, 6) is 0.453. The highest BCUT2D eigenvalue weighted by molar-refractivity contribution is 9.10. The maximum Gasteiger partial charge on any atom is 0.331 e. The molecule has 0 radical (unpaired) electrons. The van der Waals surface area contributed by atoms with Crippen molar-refractivity contribution in [2.24, 2.45) is 0 Å². The van der Waals surface area contributed by atoms with Crippen molar-refractivity contribution in [2.45, 2.75) is 13.0 Å². The Bertz CT molecular complexity index is 912. The van der Waals surface area contributed by atoms with Crippen molar-refractivity contribution in [1.29, 1.82) is 0 Å². The van der Waals surface area contributed by atoms with Gasteiger partial charge >= 0.3 is 5.97 Å². The van der Waals surface area contributed by atoms with E-state index in [-0.39, 0.29) is 0 Å². The molecule has 2 aromatic carbocycles. The van der Waals surface area contributed by atoms with Gasteiger partial charge in [0.25, 0.3) is 5.91 Å². The van der Waals surface area contributed by atoms with Crippen LogP contribution >= 0.6 is 15.9 Å². The molecule has 154 valence electrons. The van der Waals surface area contributed by atoms with E-state index in [0.29, 0.717) is 28.5 Å². The van der Waals surface area contributed by atoms with Crippen LogP contribution in [0.2, 0.25) is 0 Å². The third-order valence-electron chi connectivity index (χ3n) is 3.92. The molecule has 2 rings (SSSR count). The zero-order valence-electron chi connectivity index (χ0n) is 16.5. The van der Waals surface area contributed by atoms with Crippen LogP contribution in [0.4, 0.5) is 5.69 Å². The van der Waals surface area contributed by atoms with Crippen molar-refractivity contribution < 1.29 is 28.5 Å². The van der Waals surface area contributed by atoms with Crippen molar-refractivity contribution in [3.8, 4) is 17.2 Å². The van der Waals surface area contributed by atoms with Gasteiger partial charge in [0.15, 0.2) is 6.10 Å². The molecular formula is C21H22BrNO6. The molecule has 0 aliphatic rings. The van der Waals surface area contributed by atoms with Crippen LogP contribution in [-0.2, 0) is 14.3 Å². The average molecular weight is 464 g/mol. The first-order valence-corrected chi connectivity index (χ1v) is 9.42. The van der Waals surface area contributed by atoms with Crippen LogP contribution in [-0.4, -0.2) is 39.3 Å². The van der Waals surface area contributed by atoms with Gasteiger partial charge in [0, 0.05) is 22.2 Å². The Morgan fingerprint density at radius 2 is 1.69 bits per heavy atom. The summed E-state index contributed by atoms with van der Waals surface area (Å²) in [6, 6.07) is 10.4. The lowest BCUT2D eigenvalue weighted by Gasteiger charge is -2.15. The molecule has 29 heavy (non-hydrogen) atoms. The minimum atomic E-state index is -1.02. The van der Waals surface area contributed by atoms with E-state index in [1.165, 1.54) is 34.3 Å². The van der Waals surface area contributed by atoms with Gasteiger partial charge in [-0.05, 0) is 43.3 Å². The normalized spacial score (nSPS) is 11.6. The molecule has 8 heteroatoms. The number of esters is 1. The predicted octanol–water partition coefficient (Wildman–Crippen LogP) is 4.06. The van der Waals surface area contributed by atoms with Crippen LogP contribution in [0.3, 0.4) is 0 Å². The van der Waals surface area contributed by atoms with E-state index in [2.05, 4.69) is 21.2 Å². The number of carbonyl (C=O) groups is 2. The standard InChI is InChI=1S/C21H22BrNO6/c1-13(21(25)23-17-12-16(26-2)7-9-19(17)28-4)29-20(24)10-5-14-11-15(22)6-8-18(14)27-3/h5-13H,1-4H3,(H,23,25)/b10-5+. The van der Waals surface area contributed by atoms with E-state index in [9.17, 15) is 9.59 Å². The molecule has 0 saturated carbocycles. The lowest BCUT2D eigenvalue weighted by Crippen LogP contribution is -2.29. The fourth-order valence-electron chi connectivity index (χ4n) is 2.41. The number of carbonyl (C=O) groups excluding carboxylic acids is 2. The molecule has 1 N–H and O–H groups in total. The van der Waals surface area contributed by atoms with Gasteiger partial charge < -0.3 is 24.3 Å². The number of ether oxygens (including phenoxy) is 4. The maximum atomic E-state index is 12.4. The van der Waals surface area contributed by atoms with Crippen molar-refractivity contribution in [2.75, 3.05) is 26.6 Å². The van der Waals surface area contributed by atoms with Gasteiger partial charge in [0.1, 0.15) is 17.2 Å². The molecule has 0 aliphatic carbocycles. The number of benzene rings is 2. The number of hydrogen-bond donors (Lipinski definition) is 1. The lowest BCUT2D eigenvalue weighted by molar-refractivity contribution is -0.148. The number of halogens is 1. The van der Waals surface area contributed by atoms with Crippen molar-refractivity contribution >= 4 is 39.6 Å². The first-order valence-electron chi connectivity index (χ1n) is 8.63. The van der Waals surface area contributed by atoms with Gasteiger partial charge in [-0.1, -0.05) is 15.9 Å². The largest absolute Gasteiger partial charge is 0.497 e. The van der Waals surface area contributed by atoms with E-state index >= 15 is 0 Å². The van der Waals surface area contributed by atoms with Gasteiger partial charge in [-0.15, -0.1) is 0 Å². The molecule has 0 heterocycles. The summed E-state index contributed by atoms with van der Waals surface area (Å²) in [6.45, 7) is 1.48. The highest BCUT2D eigenvalue weighted by Gasteiger charge is 2.18.